The Morgan fingerprint density at radius 2 is 1.71 bits per heavy atom. The fourth-order valence-electron chi connectivity index (χ4n) is 2.83. The highest BCUT2D eigenvalue weighted by Crippen LogP contribution is 2.23. The minimum absolute atomic E-state index is 0.125. The Hall–Kier alpha value is -2.48. The summed E-state index contributed by atoms with van der Waals surface area (Å²) in [6.07, 6.45) is 0. The summed E-state index contributed by atoms with van der Waals surface area (Å²) in [6, 6.07) is 19.2. The summed E-state index contributed by atoms with van der Waals surface area (Å²) in [5.74, 6) is 0.731. The van der Waals surface area contributed by atoms with Crippen LogP contribution in [0.5, 0.6) is 0 Å². The van der Waals surface area contributed by atoms with Crippen molar-refractivity contribution in [2.45, 2.75) is 24.5 Å². The predicted octanol–water partition coefficient (Wildman–Crippen LogP) is 5.63. The fourth-order valence-corrected chi connectivity index (χ4v) is 5.07. The lowest BCUT2D eigenvalue weighted by Crippen LogP contribution is -2.15. The highest BCUT2D eigenvalue weighted by atomic mass is 35.5. The van der Waals surface area contributed by atoms with Crippen LogP contribution < -0.4 is 10.0 Å². The third kappa shape index (κ3) is 6.50. The molecule has 0 heterocycles. The first kappa shape index (κ1) is 23.2. The minimum atomic E-state index is -3.73. The van der Waals surface area contributed by atoms with Crippen molar-refractivity contribution in [2.24, 2.45) is 0 Å². The van der Waals surface area contributed by atoms with E-state index in [0.717, 1.165) is 16.7 Å². The molecule has 0 unspecified atom stereocenters. The molecular formula is C23H23ClN2O3S2. The van der Waals surface area contributed by atoms with Crippen LogP contribution in [0.4, 0.5) is 11.4 Å². The third-order valence-corrected chi connectivity index (χ3v) is 7.27. The molecule has 1 amide bonds. The maximum Gasteiger partial charge on any atom is 0.261 e. The Balaban J connectivity index is 1.57. The van der Waals surface area contributed by atoms with Crippen LogP contribution in [0.1, 0.15) is 16.7 Å². The Labute approximate surface area is 192 Å². The van der Waals surface area contributed by atoms with Crippen LogP contribution in [-0.4, -0.2) is 20.1 Å². The fraction of sp³-hybridized carbons (Fsp3) is 0.174. The number of amides is 1. The molecular weight excluding hydrogens is 452 g/mol. The first-order valence-electron chi connectivity index (χ1n) is 9.56. The molecule has 8 heteroatoms. The lowest BCUT2D eigenvalue weighted by atomic mass is 10.1. The van der Waals surface area contributed by atoms with Gasteiger partial charge < -0.3 is 5.32 Å². The van der Waals surface area contributed by atoms with E-state index in [1.54, 1.807) is 18.2 Å². The van der Waals surface area contributed by atoms with E-state index in [2.05, 4.69) is 10.0 Å². The molecule has 0 bridgehead atoms. The van der Waals surface area contributed by atoms with Crippen LogP contribution in [0, 0.1) is 13.8 Å². The molecule has 0 aliphatic rings. The summed E-state index contributed by atoms with van der Waals surface area (Å²) in [6.45, 7) is 3.75. The van der Waals surface area contributed by atoms with Gasteiger partial charge in [0.1, 0.15) is 0 Å². The lowest BCUT2D eigenvalue weighted by molar-refractivity contribution is -0.113. The highest BCUT2D eigenvalue weighted by molar-refractivity contribution is 7.99. The van der Waals surface area contributed by atoms with E-state index in [1.165, 1.54) is 23.9 Å². The van der Waals surface area contributed by atoms with E-state index in [9.17, 15) is 13.2 Å². The van der Waals surface area contributed by atoms with Crippen LogP contribution in [0.25, 0.3) is 0 Å². The molecule has 0 aliphatic heterocycles. The van der Waals surface area contributed by atoms with Crippen LogP contribution in [0.3, 0.4) is 0 Å². The number of rotatable bonds is 8. The van der Waals surface area contributed by atoms with Gasteiger partial charge in [-0.05, 0) is 66.9 Å². The van der Waals surface area contributed by atoms with Crippen LogP contribution in [-0.2, 0) is 20.6 Å². The van der Waals surface area contributed by atoms with Gasteiger partial charge in [-0.3, -0.25) is 9.52 Å². The number of aryl methyl sites for hydroxylation is 2. The number of nitrogens with one attached hydrogen (secondary N) is 2. The van der Waals surface area contributed by atoms with Crippen molar-refractivity contribution in [3.05, 3.63) is 88.4 Å². The largest absolute Gasteiger partial charge is 0.325 e. The molecule has 162 valence electrons. The summed E-state index contributed by atoms with van der Waals surface area (Å²) < 4.78 is 28.0. The Bertz CT molecular complexity index is 1180. The van der Waals surface area contributed by atoms with Crippen molar-refractivity contribution in [3.63, 3.8) is 0 Å². The molecule has 0 spiro atoms. The Morgan fingerprint density at radius 3 is 2.42 bits per heavy atom. The van der Waals surface area contributed by atoms with Gasteiger partial charge in [0.25, 0.3) is 10.0 Å². The van der Waals surface area contributed by atoms with Crippen molar-refractivity contribution in [3.8, 4) is 0 Å². The first-order chi connectivity index (χ1) is 14.7. The van der Waals surface area contributed by atoms with Gasteiger partial charge >= 0.3 is 0 Å². The van der Waals surface area contributed by atoms with E-state index >= 15 is 0 Å². The second kappa shape index (κ2) is 10.2. The van der Waals surface area contributed by atoms with Gasteiger partial charge in [0.15, 0.2) is 0 Å². The average Bonchev–Trinajstić information content (AvgIpc) is 2.72. The number of carbonyl (C=O) groups excluding carboxylic acids is 1. The van der Waals surface area contributed by atoms with E-state index in [-0.39, 0.29) is 16.6 Å². The minimum Gasteiger partial charge on any atom is -0.325 e. The zero-order valence-electron chi connectivity index (χ0n) is 17.2. The molecule has 5 nitrogen and oxygen atoms in total. The van der Waals surface area contributed by atoms with E-state index in [1.807, 2.05) is 50.2 Å². The highest BCUT2D eigenvalue weighted by Gasteiger charge is 2.15. The zero-order valence-corrected chi connectivity index (χ0v) is 19.6. The molecule has 3 aromatic rings. The van der Waals surface area contributed by atoms with Crippen LogP contribution in [0.15, 0.2) is 71.6 Å². The summed E-state index contributed by atoms with van der Waals surface area (Å²) in [5, 5.41) is 3.46. The van der Waals surface area contributed by atoms with Gasteiger partial charge in [0.05, 0.1) is 16.3 Å². The van der Waals surface area contributed by atoms with Crippen molar-refractivity contribution in [2.75, 3.05) is 15.8 Å². The molecule has 0 radical (unpaired) electrons. The standard InChI is InChI=1S/C23H23ClN2O3S2/c1-16-7-8-17(2)22(13-16)26-31(28,29)20-11-9-19(10-12-20)25-23(27)15-30-14-18-5-3-4-6-21(18)24/h3-13,26H,14-15H2,1-2H3,(H,25,27). The van der Waals surface area contributed by atoms with Crippen molar-refractivity contribution >= 4 is 50.7 Å². The van der Waals surface area contributed by atoms with Crippen LogP contribution >= 0.6 is 23.4 Å². The molecule has 31 heavy (non-hydrogen) atoms. The summed E-state index contributed by atoms with van der Waals surface area (Å²) in [4.78, 5) is 12.3. The second-order valence-corrected chi connectivity index (χ2v) is 10.2. The summed E-state index contributed by atoms with van der Waals surface area (Å²) >= 11 is 7.58. The summed E-state index contributed by atoms with van der Waals surface area (Å²) in [5.41, 5.74) is 3.87. The number of halogens is 1. The predicted molar refractivity (Wildman–Crippen MR) is 129 cm³/mol. The van der Waals surface area contributed by atoms with Crippen molar-refractivity contribution in [1.29, 1.82) is 0 Å². The van der Waals surface area contributed by atoms with Crippen LogP contribution in [0.2, 0.25) is 5.02 Å². The first-order valence-corrected chi connectivity index (χ1v) is 12.6. The lowest BCUT2D eigenvalue weighted by Gasteiger charge is -2.12. The molecule has 0 atom stereocenters. The van der Waals surface area contributed by atoms with Gasteiger partial charge in [0.2, 0.25) is 5.91 Å². The smallest absolute Gasteiger partial charge is 0.261 e. The third-order valence-electron chi connectivity index (χ3n) is 4.53. The molecule has 0 aromatic heterocycles. The SMILES string of the molecule is Cc1ccc(C)c(NS(=O)(=O)c2ccc(NC(=O)CSCc3ccccc3Cl)cc2)c1. The Kier molecular flexibility index (Phi) is 7.64. The van der Waals surface area contributed by atoms with E-state index in [0.29, 0.717) is 22.2 Å². The quantitative estimate of drug-likeness (QED) is 0.443. The number of thioether (sulfide) groups is 1. The molecule has 0 fully saturated rings. The van der Waals surface area contributed by atoms with Gasteiger partial charge in [-0.2, -0.15) is 0 Å². The molecule has 3 aromatic carbocycles. The molecule has 0 saturated carbocycles. The maximum atomic E-state index is 12.7. The summed E-state index contributed by atoms with van der Waals surface area (Å²) in [7, 11) is -3.73. The van der Waals surface area contributed by atoms with E-state index in [4.69, 9.17) is 11.6 Å². The number of benzene rings is 3. The van der Waals surface area contributed by atoms with Crippen molar-refractivity contribution < 1.29 is 13.2 Å². The molecule has 0 aliphatic carbocycles. The van der Waals surface area contributed by atoms with Gasteiger partial charge in [0, 0.05) is 16.5 Å². The van der Waals surface area contributed by atoms with Gasteiger partial charge in [-0.25, -0.2) is 8.42 Å². The monoisotopic (exact) mass is 474 g/mol. The topological polar surface area (TPSA) is 75.3 Å². The normalized spacial score (nSPS) is 11.2. The maximum absolute atomic E-state index is 12.7. The average molecular weight is 475 g/mol. The number of anilines is 2. The number of carbonyl (C=O) groups is 1. The second-order valence-electron chi connectivity index (χ2n) is 7.08. The van der Waals surface area contributed by atoms with Gasteiger partial charge in [-0.15, -0.1) is 11.8 Å². The molecule has 3 rings (SSSR count). The van der Waals surface area contributed by atoms with E-state index < -0.39 is 10.0 Å². The molecule has 2 N–H and O–H groups in total. The Morgan fingerprint density at radius 1 is 1.00 bits per heavy atom. The number of hydrogen-bond donors (Lipinski definition) is 2. The van der Waals surface area contributed by atoms with Gasteiger partial charge in [-0.1, -0.05) is 41.9 Å². The molecule has 0 saturated heterocycles. The number of sulfonamides is 1. The number of hydrogen-bond acceptors (Lipinski definition) is 4. The van der Waals surface area contributed by atoms with Crippen molar-refractivity contribution in [1.82, 2.24) is 0 Å². The zero-order chi connectivity index (χ0) is 22.4.